The van der Waals surface area contributed by atoms with Crippen LogP contribution in [0.2, 0.25) is 0 Å². The Hall–Kier alpha value is -1.36. The van der Waals surface area contributed by atoms with Crippen LogP contribution in [0.3, 0.4) is 0 Å². The number of nitrogens with one attached hydrogen (secondary N) is 1. The average Bonchev–Trinajstić information content (AvgIpc) is 2.46. The van der Waals surface area contributed by atoms with Gasteiger partial charge in [0, 0.05) is 30.0 Å². The maximum atomic E-state index is 13.2. The molecule has 0 fully saturated rings. The van der Waals surface area contributed by atoms with Gasteiger partial charge in [0.05, 0.1) is 6.61 Å². The third-order valence-corrected chi connectivity index (χ3v) is 4.24. The minimum Gasteiger partial charge on any atom is -0.383 e. The molecular weight excluding hydrogens is 285 g/mol. The second-order valence-corrected chi connectivity index (χ2v) is 5.94. The topological polar surface area (TPSA) is 21.3 Å². The van der Waals surface area contributed by atoms with Crippen molar-refractivity contribution >= 4 is 11.8 Å². The normalized spacial score (nSPS) is 10.8. The summed E-state index contributed by atoms with van der Waals surface area (Å²) in [7, 11) is 1.70. The number of hydrogen-bond acceptors (Lipinski definition) is 3. The van der Waals surface area contributed by atoms with E-state index in [1.54, 1.807) is 31.0 Å². The van der Waals surface area contributed by atoms with E-state index in [0.717, 1.165) is 22.9 Å². The molecule has 1 N–H and O–H groups in total. The number of ether oxygens (including phenoxy) is 1. The minimum absolute atomic E-state index is 0.198. The molecule has 112 valence electrons. The summed E-state index contributed by atoms with van der Waals surface area (Å²) < 4.78 is 18.2. The Labute approximate surface area is 129 Å². The molecule has 21 heavy (non-hydrogen) atoms. The van der Waals surface area contributed by atoms with Crippen LogP contribution in [0.5, 0.6) is 0 Å². The summed E-state index contributed by atoms with van der Waals surface area (Å²) in [5.41, 5.74) is 2.45. The first-order chi connectivity index (χ1) is 10.2. The molecule has 0 heterocycles. The molecule has 0 radical (unpaired) electrons. The summed E-state index contributed by atoms with van der Waals surface area (Å²) in [5, 5.41) is 3.33. The van der Waals surface area contributed by atoms with E-state index in [9.17, 15) is 4.39 Å². The predicted molar refractivity (Wildman–Crippen MR) is 85.3 cm³/mol. The molecule has 0 aliphatic heterocycles. The highest BCUT2D eigenvalue weighted by atomic mass is 32.2. The molecule has 0 amide bonds. The summed E-state index contributed by atoms with van der Waals surface area (Å²) in [5.74, 6) is -0.198. The molecule has 2 aromatic carbocycles. The molecule has 0 aromatic heterocycles. The van der Waals surface area contributed by atoms with E-state index in [4.69, 9.17) is 4.74 Å². The van der Waals surface area contributed by atoms with Crippen LogP contribution >= 0.6 is 11.8 Å². The molecule has 4 heteroatoms. The zero-order chi connectivity index (χ0) is 15.1. The SMILES string of the molecule is COCCNCc1ccc(Sc2cccc(F)c2)c(C)c1. The molecule has 0 aliphatic carbocycles. The van der Waals surface area contributed by atoms with Crippen molar-refractivity contribution < 1.29 is 9.13 Å². The highest BCUT2D eigenvalue weighted by Gasteiger charge is 2.03. The number of methoxy groups -OCH3 is 1. The quantitative estimate of drug-likeness (QED) is 0.781. The van der Waals surface area contributed by atoms with Crippen molar-refractivity contribution in [2.24, 2.45) is 0 Å². The molecule has 2 rings (SSSR count). The first-order valence-corrected chi connectivity index (χ1v) is 7.73. The number of aryl methyl sites for hydroxylation is 1. The van der Waals surface area contributed by atoms with E-state index in [0.29, 0.717) is 6.61 Å². The predicted octanol–water partition coefficient (Wildman–Crippen LogP) is 4.02. The first kappa shape index (κ1) is 16.0. The molecule has 0 saturated carbocycles. The van der Waals surface area contributed by atoms with E-state index in [-0.39, 0.29) is 5.82 Å². The Morgan fingerprint density at radius 2 is 2.05 bits per heavy atom. The molecule has 0 saturated heterocycles. The van der Waals surface area contributed by atoms with Crippen LogP contribution in [0, 0.1) is 12.7 Å². The Morgan fingerprint density at radius 3 is 2.76 bits per heavy atom. The smallest absolute Gasteiger partial charge is 0.124 e. The van der Waals surface area contributed by atoms with Crippen molar-refractivity contribution in [3.8, 4) is 0 Å². The lowest BCUT2D eigenvalue weighted by molar-refractivity contribution is 0.199. The molecule has 2 nitrogen and oxygen atoms in total. The Bertz CT molecular complexity index is 589. The fraction of sp³-hybridized carbons (Fsp3) is 0.294. The minimum atomic E-state index is -0.198. The summed E-state index contributed by atoms with van der Waals surface area (Å²) in [6.45, 7) is 4.47. The fourth-order valence-corrected chi connectivity index (χ4v) is 2.93. The van der Waals surface area contributed by atoms with Gasteiger partial charge in [-0.05, 0) is 42.3 Å². The molecule has 0 unspecified atom stereocenters. The van der Waals surface area contributed by atoms with Crippen LogP contribution < -0.4 is 5.32 Å². The molecule has 0 atom stereocenters. The van der Waals surface area contributed by atoms with E-state index in [1.165, 1.54) is 17.2 Å². The van der Waals surface area contributed by atoms with Crippen molar-refractivity contribution in [2.75, 3.05) is 20.3 Å². The van der Waals surface area contributed by atoms with Gasteiger partial charge < -0.3 is 10.1 Å². The first-order valence-electron chi connectivity index (χ1n) is 6.91. The van der Waals surface area contributed by atoms with E-state index < -0.39 is 0 Å². The van der Waals surface area contributed by atoms with Gasteiger partial charge in [-0.15, -0.1) is 0 Å². The largest absolute Gasteiger partial charge is 0.383 e. The van der Waals surface area contributed by atoms with Crippen LogP contribution in [0.25, 0.3) is 0 Å². The number of rotatable bonds is 7. The number of halogens is 1. The van der Waals surface area contributed by atoms with E-state index in [2.05, 4.69) is 30.4 Å². The standard InChI is InChI=1S/C17H20FNOS/c1-13-10-14(12-19-8-9-20-2)6-7-17(13)21-16-5-3-4-15(18)11-16/h3-7,10-11,19H,8-9,12H2,1-2H3. The van der Waals surface area contributed by atoms with E-state index in [1.807, 2.05) is 6.07 Å². The van der Waals surface area contributed by atoms with Gasteiger partial charge in [0.25, 0.3) is 0 Å². The van der Waals surface area contributed by atoms with Gasteiger partial charge in [-0.1, -0.05) is 30.0 Å². The Morgan fingerprint density at radius 1 is 1.19 bits per heavy atom. The summed E-state index contributed by atoms with van der Waals surface area (Å²) in [6, 6.07) is 13.1. The average molecular weight is 305 g/mol. The summed E-state index contributed by atoms with van der Waals surface area (Å²) in [6.07, 6.45) is 0. The van der Waals surface area contributed by atoms with E-state index >= 15 is 0 Å². The lowest BCUT2D eigenvalue weighted by Gasteiger charge is -2.09. The third-order valence-electron chi connectivity index (χ3n) is 3.08. The van der Waals surface area contributed by atoms with Gasteiger partial charge in [0.15, 0.2) is 0 Å². The van der Waals surface area contributed by atoms with Gasteiger partial charge in [-0.3, -0.25) is 0 Å². The van der Waals surface area contributed by atoms with Gasteiger partial charge in [-0.25, -0.2) is 4.39 Å². The monoisotopic (exact) mass is 305 g/mol. The van der Waals surface area contributed by atoms with Crippen LogP contribution in [-0.2, 0) is 11.3 Å². The zero-order valence-electron chi connectivity index (χ0n) is 12.4. The van der Waals surface area contributed by atoms with Gasteiger partial charge in [0.1, 0.15) is 5.82 Å². The van der Waals surface area contributed by atoms with Gasteiger partial charge in [0.2, 0.25) is 0 Å². The van der Waals surface area contributed by atoms with Crippen molar-refractivity contribution in [3.63, 3.8) is 0 Å². The second-order valence-electron chi connectivity index (χ2n) is 4.83. The highest BCUT2D eigenvalue weighted by Crippen LogP contribution is 2.30. The Kier molecular flexibility index (Phi) is 6.23. The lowest BCUT2D eigenvalue weighted by Crippen LogP contribution is -2.18. The highest BCUT2D eigenvalue weighted by molar-refractivity contribution is 7.99. The molecular formula is C17H20FNOS. The van der Waals surface area contributed by atoms with Crippen LogP contribution in [-0.4, -0.2) is 20.3 Å². The van der Waals surface area contributed by atoms with Crippen molar-refractivity contribution in [1.82, 2.24) is 5.32 Å². The maximum Gasteiger partial charge on any atom is 0.124 e. The second kappa shape index (κ2) is 8.17. The van der Waals surface area contributed by atoms with Gasteiger partial charge in [-0.2, -0.15) is 0 Å². The molecule has 0 bridgehead atoms. The van der Waals surface area contributed by atoms with Gasteiger partial charge >= 0.3 is 0 Å². The molecule has 0 aliphatic rings. The number of benzene rings is 2. The summed E-state index contributed by atoms with van der Waals surface area (Å²) in [4.78, 5) is 2.07. The van der Waals surface area contributed by atoms with Crippen molar-refractivity contribution in [1.29, 1.82) is 0 Å². The van der Waals surface area contributed by atoms with Crippen molar-refractivity contribution in [2.45, 2.75) is 23.3 Å². The molecule has 0 spiro atoms. The van der Waals surface area contributed by atoms with Crippen LogP contribution in [0.4, 0.5) is 4.39 Å². The third kappa shape index (κ3) is 5.16. The molecule has 2 aromatic rings. The van der Waals surface area contributed by atoms with Crippen LogP contribution in [0.15, 0.2) is 52.3 Å². The summed E-state index contributed by atoms with van der Waals surface area (Å²) >= 11 is 1.59. The maximum absolute atomic E-state index is 13.2. The lowest BCUT2D eigenvalue weighted by atomic mass is 10.1. The number of hydrogen-bond donors (Lipinski definition) is 1. The Balaban J connectivity index is 1.98. The fourth-order valence-electron chi connectivity index (χ4n) is 2.00. The van der Waals surface area contributed by atoms with Crippen LogP contribution in [0.1, 0.15) is 11.1 Å². The zero-order valence-corrected chi connectivity index (χ0v) is 13.2. The van der Waals surface area contributed by atoms with Crippen molar-refractivity contribution in [3.05, 3.63) is 59.4 Å².